The molecule has 4 rings (SSSR count). The van der Waals surface area contributed by atoms with Gasteiger partial charge in [0.15, 0.2) is 11.0 Å². The van der Waals surface area contributed by atoms with Crippen LogP contribution < -0.4 is 15.4 Å². The number of thioether (sulfide) groups is 1. The molecule has 2 N–H and O–H groups in total. The molecule has 1 heterocycles. The van der Waals surface area contributed by atoms with Gasteiger partial charge in [-0.25, -0.2) is 8.42 Å². The van der Waals surface area contributed by atoms with Gasteiger partial charge in [0.2, 0.25) is 15.9 Å². The number of nitrogens with zero attached hydrogens (tertiary/aromatic N) is 4. The molecule has 1 aromatic heterocycles. The van der Waals surface area contributed by atoms with Gasteiger partial charge in [-0.15, -0.1) is 10.2 Å². The van der Waals surface area contributed by atoms with E-state index in [-0.39, 0.29) is 29.0 Å². The van der Waals surface area contributed by atoms with Crippen molar-refractivity contribution in [3.05, 3.63) is 89.2 Å². The average Bonchev–Trinajstić information content (AvgIpc) is 3.43. The summed E-state index contributed by atoms with van der Waals surface area (Å²) in [5, 5.41) is 14.9. The van der Waals surface area contributed by atoms with Gasteiger partial charge in [-0.2, -0.15) is 4.31 Å². The van der Waals surface area contributed by atoms with Crippen LogP contribution in [0.1, 0.15) is 41.2 Å². The summed E-state index contributed by atoms with van der Waals surface area (Å²) in [6, 6.07) is 18.9. The molecule has 0 aliphatic heterocycles. The molecule has 232 valence electrons. The summed E-state index contributed by atoms with van der Waals surface area (Å²) in [7, 11) is -2.05. The molecule has 0 fully saturated rings. The molecule has 0 saturated heterocycles. The number of rotatable bonds is 13. The van der Waals surface area contributed by atoms with Crippen molar-refractivity contribution in [3.63, 3.8) is 0 Å². The number of amides is 2. The Morgan fingerprint density at radius 1 is 0.955 bits per heavy atom. The van der Waals surface area contributed by atoms with E-state index in [1.165, 1.54) is 40.3 Å². The Morgan fingerprint density at radius 3 is 2.27 bits per heavy atom. The van der Waals surface area contributed by atoms with Crippen molar-refractivity contribution in [1.29, 1.82) is 0 Å². The quantitative estimate of drug-likeness (QED) is 0.204. The number of ether oxygens (including phenoxy) is 1. The fraction of sp³-hybridized carbons (Fsp3) is 0.290. The molecule has 11 nitrogen and oxygen atoms in total. The number of aryl methyl sites for hydroxylation is 2. The van der Waals surface area contributed by atoms with Gasteiger partial charge in [-0.1, -0.05) is 37.7 Å². The second-order valence-corrected chi connectivity index (χ2v) is 12.8. The van der Waals surface area contributed by atoms with Crippen molar-refractivity contribution < 1.29 is 22.7 Å². The van der Waals surface area contributed by atoms with Gasteiger partial charge in [-0.3, -0.25) is 14.2 Å². The molecule has 0 aliphatic carbocycles. The number of carbonyl (C=O) groups excluding carboxylic acids is 2. The van der Waals surface area contributed by atoms with E-state index in [0.29, 0.717) is 41.1 Å². The maximum Gasteiger partial charge on any atom is 0.251 e. The van der Waals surface area contributed by atoms with Crippen LogP contribution in [0.5, 0.6) is 5.75 Å². The number of benzene rings is 3. The Hall–Kier alpha value is -4.20. The van der Waals surface area contributed by atoms with Crippen LogP contribution in [0.4, 0.5) is 5.69 Å². The lowest BCUT2D eigenvalue weighted by Crippen LogP contribution is -2.30. The van der Waals surface area contributed by atoms with Crippen LogP contribution in [0.25, 0.3) is 5.69 Å². The number of carbonyl (C=O) groups is 2. The van der Waals surface area contributed by atoms with Crippen LogP contribution in [0.3, 0.4) is 0 Å². The van der Waals surface area contributed by atoms with Gasteiger partial charge in [0.25, 0.3) is 5.91 Å². The van der Waals surface area contributed by atoms with Crippen LogP contribution in [-0.2, 0) is 21.4 Å². The van der Waals surface area contributed by atoms with Gasteiger partial charge in [0.05, 0.1) is 30.0 Å². The zero-order valence-corrected chi connectivity index (χ0v) is 27.0. The number of methoxy groups -OCH3 is 1. The molecule has 0 spiro atoms. The Balaban J connectivity index is 1.50. The van der Waals surface area contributed by atoms with E-state index in [1.54, 1.807) is 45.2 Å². The fourth-order valence-corrected chi connectivity index (χ4v) is 6.69. The number of aromatic nitrogens is 3. The second kappa shape index (κ2) is 14.5. The Labute approximate surface area is 262 Å². The summed E-state index contributed by atoms with van der Waals surface area (Å²) in [4.78, 5) is 25.9. The molecule has 0 aliphatic rings. The van der Waals surface area contributed by atoms with Crippen molar-refractivity contribution in [3.8, 4) is 11.4 Å². The first kappa shape index (κ1) is 32.7. The maximum absolute atomic E-state index is 13.0. The van der Waals surface area contributed by atoms with Gasteiger partial charge < -0.3 is 15.4 Å². The Kier molecular flexibility index (Phi) is 10.8. The van der Waals surface area contributed by atoms with Gasteiger partial charge >= 0.3 is 0 Å². The van der Waals surface area contributed by atoms with E-state index in [9.17, 15) is 18.0 Å². The lowest BCUT2D eigenvalue weighted by molar-refractivity contribution is -0.113. The van der Waals surface area contributed by atoms with Gasteiger partial charge in [-0.05, 0) is 79.6 Å². The van der Waals surface area contributed by atoms with E-state index < -0.39 is 10.0 Å². The Morgan fingerprint density at radius 2 is 1.64 bits per heavy atom. The number of hydrogen-bond acceptors (Lipinski definition) is 8. The van der Waals surface area contributed by atoms with Crippen molar-refractivity contribution in [2.24, 2.45) is 0 Å². The third kappa shape index (κ3) is 7.65. The fourth-order valence-electron chi connectivity index (χ4n) is 4.46. The number of nitrogens with one attached hydrogen (secondary N) is 2. The predicted molar refractivity (Wildman–Crippen MR) is 171 cm³/mol. The molecule has 0 unspecified atom stereocenters. The molecule has 44 heavy (non-hydrogen) atoms. The minimum atomic E-state index is -3.63. The maximum atomic E-state index is 13.0. The monoisotopic (exact) mass is 636 g/mol. The van der Waals surface area contributed by atoms with Crippen LogP contribution in [0.2, 0.25) is 0 Å². The molecule has 4 aromatic rings. The number of hydrogen-bond donors (Lipinski definition) is 2. The first-order valence-electron chi connectivity index (χ1n) is 14.0. The molecule has 2 amide bonds. The highest BCUT2D eigenvalue weighted by atomic mass is 32.2. The van der Waals surface area contributed by atoms with E-state index in [2.05, 4.69) is 20.8 Å². The minimum absolute atomic E-state index is 0.0529. The van der Waals surface area contributed by atoms with Crippen molar-refractivity contribution in [2.75, 3.05) is 31.3 Å². The molecule has 3 aromatic carbocycles. The predicted octanol–water partition coefficient (Wildman–Crippen LogP) is 4.58. The summed E-state index contributed by atoms with van der Waals surface area (Å²) >= 11 is 1.23. The third-order valence-corrected chi connectivity index (χ3v) is 9.87. The van der Waals surface area contributed by atoms with E-state index >= 15 is 0 Å². The number of sulfonamides is 1. The third-order valence-electron chi connectivity index (χ3n) is 6.88. The normalized spacial score (nSPS) is 11.4. The van der Waals surface area contributed by atoms with E-state index in [4.69, 9.17) is 4.74 Å². The molecule has 0 radical (unpaired) electrons. The second-order valence-electron chi connectivity index (χ2n) is 9.89. The van der Waals surface area contributed by atoms with Crippen LogP contribution in [0.15, 0.2) is 76.8 Å². The first-order valence-corrected chi connectivity index (χ1v) is 16.5. The van der Waals surface area contributed by atoms with Gasteiger partial charge in [0.1, 0.15) is 5.75 Å². The zero-order valence-electron chi connectivity index (χ0n) is 25.3. The largest absolute Gasteiger partial charge is 0.497 e. The smallest absolute Gasteiger partial charge is 0.251 e. The van der Waals surface area contributed by atoms with Crippen LogP contribution in [0, 0.1) is 13.8 Å². The summed E-state index contributed by atoms with van der Waals surface area (Å²) in [6.45, 7) is 8.27. The standard InChI is InChI=1S/C31H36N6O5S2/c1-6-36(7-2)44(40,41)26-16-10-23(11-17-26)30(39)32-19-28-34-35-31(37(28)27-18-21(3)8-9-22(27)4)43-20-29(38)33-24-12-14-25(42-5)15-13-24/h8-18H,6-7,19-20H2,1-5H3,(H,32,39)(H,33,38). The SMILES string of the molecule is CCN(CC)S(=O)(=O)c1ccc(C(=O)NCc2nnc(SCC(=O)Nc3ccc(OC)cc3)n2-c2cc(C)ccc2C)cc1. The van der Waals surface area contributed by atoms with Crippen LogP contribution >= 0.6 is 11.8 Å². The van der Waals surface area contributed by atoms with E-state index in [0.717, 1.165) is 16.8 Å². The molecule has 0 bridgehead atoms. The van der Waals surface area contributed by atoms with E-state index in [1.807, 2.05) is 36.6 Å². The molecular formula is C31H36N6O5S2. The molecule has 0 saturated carbocycles. The first-order chi connectivity index (χ1) is 21.1. The van der Waals surface area contributed by atoms with Crippen molar-refractivity contribution in [1.82, 2.24) is 24.4 Å². The van der Waals surface area contributed by atoms with Crippen molar-refractivity contribution in [2.45, 2.75) is 44.3 Å². The average molecular weight is 637 g/mol. The zero-order chi connectivity index (χ0) is 31.9. The van der Waals surface area contributed by atoms with Gasteiger partial charge in [0, 0.05) is 24.3 Å². The Bertz CT molecular complexity index is 1720. The topological polar surface area (TPSA) is 136 Å². The van der Waals surface area contributed by atoms with Crippen molar-refractivity contribution >= 4 is 39.3 Å². The van der Waals surface area contributed by atoms with Crippen LogP contribution in [-0.4, -0.2) is 65.3 Å². The highest BCUT2D eigenvalue weighted by Gasteiger charge is 2.22. The molecule has 0 atom stereocenters. The molecular weight excluding hydrogens is 601 g/mol. The highest BCUT2D eigenvalue weighted by Crippen LogP contribution is 2.26. The summed E-state index contributed by atoms with van der Waals surface area (Å²) in [5.74, 6) is 0.659. The summed E-state index contributed by atoms with van der Waals surface area (Å²) in [5.41, 5.74) is 3.80. The lowest BCUT2D eigenvalue weighted by atomic mass is 10.1. The lowest BCUT2D eigenvalue weighted by Gasteiger charge is -2.18. The molecule has 13 heteroatoms. The summed E-state index contributed by atoms with van der Waals surface area (Å²) < 4.78 is 34.0. The number of anilines is 1. The minimum Gasteiger partial charge on any atom is -0.497 e. The summed E-state index contributed by atoms with van der Waals surface area (Å²) in [6.07, 6.45) is 0. The highest BCUT2D eigenvalue weighted by molar-refractivity contribution is 7.99.